The number of aryl methyl sites for hydroxylation is 1. The normalized spacial score (nSPS) is 11.2. The molecule has 30 heavy (non-hydrogen) atoms. The molecule has 3 rings (SSSR count). The van der Waals surface area contributed by atoms with Crippen molar-refractivity contribution >= 4 is 17.5 Å². The van der Waals surface area contributed by atoms with Crippen LogP contribution in [0.4, 0.5) is 16.3 Å². The summed E-state index contributed by atoms with van der Waals surface area (Å²) in [4.78, 5) is 31.9. The Morgan fingerprint density at radius 1 is 1.20 bits per heavy atom. The van der Waals surface area contributed by atoms with E-state index in [9.17, 15) is 9.59 Å². The lowest BCUT2D eigenvalue weighted by molar-refractivity contribution is 0.262. The second-order valence-corrected chi connectivity index (χ2v) is 7.77. The van der Waals surface area contributed by atoms with Crippen molar-refractivity contribution in [2.75, 3.05) is 17.7 Å². The van der Waals surface area contributed by atoms with Gasteiger partial charge in [-0.15, -0.1) is 0 Å². The highest BCUT2D eigenvalue weighted by Crippen LogP contribution is 2.26. The van der Waals surface area contributed by atoms with Crippen LogP contribution in [0.2, 0.25) is 0 Å². The fourth-order valence-corrected chi connectivity index (χ4v) is 2.79. The quantitative estimate of drug-likeness (QED) is 0.596. The molecule has 0 saturated carbocycles. The van der Waals surface area contributed by atoms with Gasteiger partial charge in [-0.2, -0.15) is 9.78 Å². The minimum Gasteiger partial charge on any atom is -0.495 e. The molecule has 0 aliphatic carbocycles. The van der Waals surface area contributed by atoms with Crippen LogP contribution in [-0.2, 0) is 11.8 Å². The molecule has 0 radical (unpaired) electrons. The first-order valence-corrected chi connectivity index (χ1v) is 9.63. The Balaban J connectivity index is 1.97. The van der Waals surface area contributed by atoms with Gasteiger partial charge in [0.1, 0.15) is 11.6 Å². The van der Waals surface area contributed by atoms with Crippen LogP contribution in [0.5, 0.6) is 5.75 Å². The number of rotatable bonds is 5. The average molecular weight is 410 g/mol. The molecule has 0 fully saturated rings. The molecular formula is C21H26N6O3. The van der Waals surface area contributed by atoms with Gasteiger partial charge in [0, 0.05) is 23.2 Å². The number of aromatic amines is 1. The predicted molar refractivity (Wildman–Crippen MR) is 116 cm³/mol. The number of hydrogen-bond donors (Lipinski definition) is 3. The Labute approximate surface area is 174 Å². The summed E-state index contributed by atoms with van der Waals surface area (Å²) in [6.45, 7) is 7.94. The number of urea groups is 1. The van der Waals surface area contributed by atoms with E-state index in [0.717, 1.165) is 5.69 Å². The molecule has 3 N–H and O–H groups in total. The minimum absolute atomic E-state index is 0.238. The number of nitrogens with zero attached hydrogens (tertiary/aromatic N) is 3. The third-order valence-corrected chi connectivity index (χ3v) is 4.42. The number of hydrogen-bond acceptors (Lipinski definition) is 5. The summed E-state index contributed by atoms with van der Waals surface area (Å²) in [5.74, 6) is 1.16. The van der Waals surface area contributed by atoms with Crippen LogP contribution in [0.15, 0.2) is 41.2 Å². The SMILES string of the molecule is CCc1cc(=O)[nH]c(-n2nc(C(C)(C)C)cc2NC(=O)Nc2ccccc2OC)n1. The van der Waals surface area contributed by atoms with Gasteiger partial charge < -0.3 is 10.1 Å². The molecule has 3 aromatic rings. The van der Waals surface area contributed by atoms with Crippen molar-refractivity contribution in [3.8, 4) is 11.7 Å². The van der Waals surface area contributed by atoms with E-state index in [1.54, 1.807) is 24.3 Å². The van der Waals surface area contributed by atoms with Gasteiger partial charge in [0.2, 0.25) is 5.95 Å². The number of H-pyrrole nitrogens is 1. The summed E-state index contributed by atoms with van der Waals surface area (Å²) in [5, 5.41) is 10.1. The molecule has 2 aromatic heterocycles. The summed E-state index contributed by atoms with van der Waals surface area (Å²) >= 11 is 0. The van der Waals surface area contributed by atoms with Crippen molar-refractivity contribution in [3.05, 3.63) is 58.1 Å². The van der Waals surface area contributed by atoms with E-state index in [1.807, 2.05) is 33.8 Å². The van der Waals surface area contributed by atoms with Crippen molar-refractivity contribution in [2.45, 2.75) is 39.5 Å². The Hall–Kier alpha value is -3.62. The first-order valence-electron chi connectivity index (χ1n) is 9.63. The zero-order chi connectivity index (χ0) is 21.9. The fourth-order valence-electron chi connectivity index (χ4n) is 2.79. The van der Waals surface area contributed by atoms with E-state index in [2.05, 4.69) is 25.7 Å². The highest BCUT2D eigenvalue weighted by atomic mass is 16.5. The monoisotopic (exact) mass is 410 g/mol. The number of aromatic nitrogens is 4. The summed E-state index contributed by atoms with van der Waals surface area (Å²) in [6.07, 6.45) is 0.599. The molecular weight excluding hydrogens is 384 g/mol. The van der Waals surface area contributed by atoms with E-state index >= 15 is 0 Å². The number of nitrogens with one attached hydrogen (secondary N) is 3. The number of benzene rings is 1. The first-order chi connectivity index (χ1) is 14.2. The van der Waals surface area contributed by atoms with Gasteiger partial charge >= 0.3 is 6.03 Å². The van der Waals surface area contributed by atoms with Gasteiger partial charge in [-0.3, -0.25) is 15.1 Å². The molecule has 158 valence electrons. The Bertz CT molecular complexity index is 1110. The number of carbonyl (C=O) groups excluding carboxylic acids is 1. The molecule has 2 heterocycles. The fraction of sp³-hybridized carbons (Fsp3) is 0.333. The van der Waals surface area contributed by atoms with Crippen LogP contribution < -0.4 is 20.9 Å². The first kappa shape index (κ1) is 21.1. The highest BCUT2D eigenvalue weighted by Gasteiger charge is 2.22. The molecule has 1 aromatic carbocycles. The molecule has 0 aliphatic heterocycles. The van der Waals surface area contributed by atoms with Gasteiger partial charge in [0.25, 0.3) is 5.56 Å². The molecule has 0 unspecified atom stereocenters. The van der Waals surface area contributed by atoms with Crippen molar-refractivity contribution in [2.24, 2.45) is 0 Å². The molecule has 0 saturated heterocycles. The Morgan fingerprint density at radius 3 is 2.60 bits per heavy atom. The van der Waals surface area contributed by atoms with Crippen molar-refractivity contribution in [1.82, 2.24) is 19.7 Å². The Kier molecular flexibility index (Phi) is 5.91. The molecule has 0 spiro atoms. The smallest absolute Gasteiger partial charge is 0.324 e. The number of carbonyl (C=O) groups is 1. The lowest BCUT2D eigenvalue weighted by atomic mass is 9.92. The standard InChI is InChI=1S/C21H26N6O3/c1-6-13-11-18(28)25-19(22-13)27-17(12-16(26-27)21(2,3)4)24-20(29)23-14-9-7-8-10-15(14)30-5/h7-12H,6H2,1-5H3,(H,22,25,28)(H2,23,24,29). The summed E-state index contributed by atoms with van der Waals surface area (Å²) in [6, 6.07) is 9.83. The summed E-state index contributed by atoms with van der Waals surface area (Å²) < 4.78 is 6.70. The maximum absolute atomic E-state index is 12.7. The van der Waals surface area contributed by atoms with Crippen LogP contribution in [0, 0.1) is 0 Å². The number of para-hydroxylation sites is 2. The van der Waals surface area contributed by atoms with Crippen LogP contribution in [0.25, 0.3) is 5.95 Å². The molecule has 9 nitrogen and oxygen atoms in total. The van der Waals surface area contributed by atoms with Crippen LogP contribution in [0.1, 0.15) is 39.1 Å². The second kappa shape index (κ2) is 8.40. The molecule has 2 amide bonds. The second-order valence-electron chi connectivity index (χ2n) is 7.77. The van der Waals surface area contributed by atoms with E-state index < -0.39 is 6.03 Å². The van der Waals surface area contributed by atoms with E-state index in [-0.39, 0.29) is 16.9 Å². The number of anilines is 2. The maximum atomic E-state index is 12.7. The van der Waals surface area contributed by atoms with E-state index in [0.29, 0.717) is 29.4 Å². The zero-order valence-corrected chi connectivity index (χ0v) is 17.7. The van der Waals surface area contributed by atoms with Crippen molar-refractivity contribution in [1.29, 1.82) is 0 Å². The molecule has 9 heteroatoms. The van der Waals surface area contributed by atoms with Gasteiger partial charge in [0.15, 0.2) is 0 Å². The maximum Gasteiger partial charge on any atom is 0.324 e. The molecule has 0 atom stereocenters. The lowest BCUT2D eigenvalue weighted by Crippen LogP contribution is -2.23. The largest absolute Gasteiger partial charge is 0.495 e. The topological polar surface area (TPSA) is 114 Å². The number of methoxy groups -OCH3 is 1. The summed E-state index contributed by atoms with van der Waals surface area (Å²) in [5.41, 5.74) is 1.34. The van der Waals surface area contributed by atoms with E-state index in [4.69, 9.17) is 4.74 Å². The van der Waals surface area contributed by atoms with Gasteiger partial charge in [-0.1, -0.05) is 39.8 Å². The predicted octanol–water partition coefficient (Wildman–Crippen LogP) is 3.47. The third-order valence-electron chi connectivity index (χ3n) is 4.42. The van der Waals surface area contributed by atoms with Gasteiger partial charge in [0.05, 0.1) is 18.5 Å². The van der Waals surface area contributed by atoms with E-state index in [1.165, 1.54) is 17.9 Å². The van der Waals surface area contributed by atoms with Gasteiger partial charge in [-0.25, -0.2) is 9.78 Å². The van der Waals surface area contributed by atoms with Crippen LogP contribution in [0.3, 0.4) is 0 Å². The zero-order valence-electron chi connectivity index (χ0n) is 17.7. The third kappa shape index (κ3) is 4.68. The van der Waals surface area contributed by atoms with Crippen LogP contribution >= 0.6 is 0 Å². The summed E-state index contributed by atoms with van der Waals surface area (Å²) in [7, 11) is 1.53. The highest BCUT2D eigenvalue weighted by molar-refractivity contribution is 6.00. The molecule has 0 bridgehead atoms. The van der Waals surface area contributed by atoms with Crippen molar-refractivity contribution < 1.29 is 9.53 Å². The van der Waals surface area contributed by atoms with Crippen molar-refractivity contribution in [3.63, 3.8) is 0 Å². The number of amides is 2. The lowest BCUT2D eigenvalue weighted by Gasteiger charge is -2.13. The number of ether oxygens (including phenoxy) is 1. The van der Waals surface area contributed by atoms with Crippen LogP contribution in [-0.4, -0.2) is 32.9 Å². The average Bonchev–Trinajstić information content (AvgIpc) is 3.12. The Morgan fingerprint density at radius 2 is 1.93 bits per heavy atom. The minimum atomic E-state index is -0.477. The van der Waals surface area contributed by atoms with Gasteiger partial charge in [-0.05, 0) is 18.6 Å². The molecule has 0 aliphatic rings.